The second kappa shape index (κ2) is 10.6. The molecule has 0 saturated heterocycles. The summed E-state index contributed by atoms with van der Waals surface area (Å²) < 4.78 is 31.5. The summed E-state index contributed by atoms with van der Waals surface area (Å²) in [6.45, 7) is 1.97. The Morgan fingerprint density at radius 1 is 0.868 bits per heavy atom. The highest BCUT2D eigenvalue weighted by atomic mass is 19.1. The quantitative estimate of drug-likeness (QED) is 0.271. The van der Waals surface area contributed by atoms with Gasteiger partial charge in [0, 0.05) is 17.8 Å². The number of halogens is 1. The third kappa shape index (κ3) is 4.85. The highest BCUT2D eigenvalue weighted by molar-refractivity contribution is 5.80. The number of benzene rings is 3. The maximum Gasteiger partial charge on any atom is 0.241 e. The van der Waals surface area contributed by atoms with Crippen LogP contribution < -0.4 is 24.8 Å². The van der Waals surface area contributed by atoms with Gasteiger partial charge in [0.25, 0.3) is 0 Å². The molecule has 2 N–H and O–H groups in total. The number of methoxy groups -OCH3 is 3. The molecule has 1 unspecified atom stereocenters. The van der Waals surface area contributed by atoms with Crippen molar-refractivity contribution >= 4 is 28.6 Å². The molecule has 0 radical (unpaired) electrons. The van der Waals surface area contributed by atoms with Gasteiger partial charge >= 0.3 is 0 Å². The number of anilines is 3. The molecule has 0 aliphatic heterocycles. The molecule has 0 spiro atoms. The van der Waals surface area contributed by atoms with Gasteiger partial charge in [-0.3, -0.25) is 0 Å². The van der Waals surface area contributed by atoms with Crippen molar-refractivity contribution in [3.8, 4) is 23.2 Å². The number of hydrogen-bond donors (Lipinski definition) is 2. The number of nitrogens with one attached hydrogen (secondary N) is 2. The minimum Gasteiger partial charge on any atom is -0.493 e. The van der Waals surface area contributed by atoms with Crippen molar-refractivity contribution in [2.45, 2.75) is 13.0 Å². The van der Waals surface area contributed by atoms with Gasteiger partial charge in [-0.15, -0.1) is 0 Å². The molecule has 194 valence electrons. The lowest BCUT2D eigenvalue weighted by Crippen LogP contribution is -2.13. The van der Waals surface area contributed by atoms with E-state index in [0.717, 1.165) is 16.6 Å². The number of para-hydroxylation sites is 2. The fraction of sp³-hybridized carbons (Fsp3) is 0.185. The molecule has 2 aromatic heterocycles. The van der Waals surface area contributed by atoms with Crippen LogP contribution in [0.4, 0.5) is 22.0 Å². The Kier molecular flexibility index (Phi) is 6.90. The van der Waals surface area contributed by atoms with E-state index in [4.69, 9.17) is 19.2 Å². The van der Waals surface area contributed by atoms with Crippen LogP contribution in [-0.4, -0.2) is 45.8 Å². The molecular weight excluding hydrogens is 489 g/mol. The highest BCUT2D eigenvalue weighted by Crippen LogP contribution is 2.40. The van der Waals surface area contributed by atoms with Crippen LogP contribution in [0.3, 0.4) is 0 Å². The molecule has 0 amide bonds. The third-order valence-electron chi connectivity index (χ3n) is 5.96. The van der Waals surface area contributed by atoms with Crippen molar-refractivity contribution in [2.24, 2.45) is 0 Å². The summed E-state index contributed by atoms with van der Waals surface area (Å²) in [7, 11) is 4.64. The number of aromatic nitrogens is 5. The number of rotatable bonds is 9. The molecular formula is C27H26FN7O3. The third-order valence-corrected chi connectivity index (χ3v) is 5.96. The largest absolute Gasteiger partial charge is 0.493 e. The molecule has 10 nitrogen and oxygen atoms in total. The summed E-state index contributed by atoms with van der Waals surface area (Å²) in [4.78, 5) is 18.1. The van der Waals surface area contributed by atoms with Gasteiger partial charge in [0.1, 0.15) is 12.1 Å². The van der Waals surface area contributed by atoms with Crippen LogP contribution >= 0.6 is 0 Å². The van der Waals surface area contributed by atoms with Crippen molar-refractivity contribution in [2.75, 3.05) is 32.0 Å². The summed E-state index contributed by atoms with van der Waals surface area (Å²) in [5.74, 6) is 2.37. The minimum atomic E-state index is -0.287. The summed E-state index contributed by atoms with van der Waals surface area (Å²) >= 11 is 0. The van der Waals surface area contributed by atoms with E-state index in [-0.39, 0.29) is 11.9 Å². The van der Waals surface area contributed by atoms with E-state index in [1.54, 1.807) is 45.6 Å². The maximum atomic E-state index is 13.4. The van der Waals surface area contributed by atoms with Crippen LogP contribution in [0.2, 0.25) is 0 Å². The zero-order valence-electron chi connectivity index (χ0n) is 21.3. The van der Waals surface area contributed by atoms with Crippen LogP contribution in [0.1, 0.15) is 18.5 Å². The van der Waals surface area contributed by atoms with Gasteiger partial charge in [0.2, 0.25) is 23.6 Å². The van der Waals surface area contributed by atoms with Crippen LogP contribution in [0, 0.1) is 5.82 Å². The first-order chi connectivity index (χ1) is 18.5. The Balaban J connectivity index is 1.51. The predicted octanol–water partition coefficient (Wildman–Crippen LogP) is 5.29. The number of ether oxygens (including phenoxy) is 3. The van der Waals surface area contributed by atoms with Crippen molar-refractivity contribution in [3.63, 3.8) is 0 Å². The number of hydrogen-bond acceptors (Lipinski definition) is 9. The molecule has 1 atom stereocenters. The number of fused-ring (bicyclic) bond motifs is 1. The molecule has 5 rings (SSSR count). The maximum absolute atomic E-state index is 13.4. The van der Waals surface area contributed by atoms with E-state index >= 15 is 0 Å². The average molecular weight is 516 g/mol. The second-order valence-electron chi connectivity index (χ2n) is 8.33. The number of nitrogens with zero attached hydrogens (tertiary/aromatic N) is 5. The van der Waals surface area contributed by atoms with Crippen molar-refractivity contribution in [3.05, 3.63) is 78.4 Å². The summed E-state index contributed by atoms with van der Waals surface area (Å²) in [5, 5.41) is 6.59. The van der Waals surface area contributed by atoms with Gasteiger partial charge in [-0.25, -0.2) is 23.9 Å². The average Bonchev–Trinajstić information content (AvgIpc) is 3.30. The van der Waals surface area contributed by atoms with Crippen molar-refractivity contribution in [1.29, 1.82) is 0 Å². The standard InChI is InChI=1S/C27H26FN7O3/c1-16(17-9-11-18(28)12-10-17)31-27-33-20-7-5-6-8-21(20)35(27)26-30-15-29-25(34-26)32-19-13-22(36-2)24(38-4)23(14-19)37-3/h5-16H,1-4H3,(H,31,33)(H,29,30,32,34). The normalized spacial score (nSPS) is 11.7. The fourth-order valence-corrected chi connectivity index (χ4v) is 4.09. The van der Waals surface area contributed by atoms with E-state index in [1.807, 2.05) is 35.8 Å². The Labute approximate surface area is 218 Å². The number of imidazole rings is 1. The van der Waals surface area contributed by atoms with Crippen molar-refractivity contribution < 1.29 is 18.6 Å². The van der Waals surface area contributed by atoms with E-state index < -0.39 is 0 Å². The molecule has 0 aliphatic carbocycles. The Bertz CT molecular complexity index is 1550. The molecule has 11 heteroatoms. The molecule has 0 bridgehead atoms. The van der Waals surface area contributed by atoms with Gasteiger partial charge in [-0.05, 0) is 36.8 Å². The van der Waals surface area contributed by atoms with Gasteiger partial charge in [-0.2, -0.15) is 4.98 Å². The second-order valence-corrected chi connectivity index (χ2v) is 8.33. The van der Waals surface area contributed by atoms with Gasteiger partial charge in [0.15, 0.2) is 11.5 Å². The lowest BCUT2D eigenvalue weighted by molar-refractivity contribution is 0.324. The fourth-order valence-electron chi connectivity index (χ4n) is 4.09. The molecule has 0 fully saturated rings. The summed E-state index contributed by atoms with van der Waals surface area (Å²) in [6.07, 6.45) is 1.42. The molecule has 38 heavy (non-hydrogen) atoms. The zero-order valence-corrected chi connectivity index (χ0v) is 21.3. The van der Waals surface area contributed by atoms with Crippen LogP contribution in [0.15, 0.2) is 67.0 Å². The molecule has 2 heterocycles. The topological polar surface area (TPSA) is 108 Å². The highest BCUT2D eigenvalue weighted by Gasteiger charge is 2.18. The first-order valence-electron chi connectivity index (χ1n) is 11.8. The Morgan fingerprint density at radius 2 is 1.58 bits per heavy atom. The van der Waals surface area contributed by atoms with E-state index in [9.17, 15) is 4.39 Å². The first-order valence-corrected chi connectivity index (χ1v) is 11.8. The summed E-state index contributed by atoms with van der Waals surface area (Å²) in [5.41, 5.74) is 3.12. The molecule has 0 saturated carbocycles. The van der Waals surface area contributed by atoms with E-state index in [2.05, 4.69) is 25.6 Å². The predicted molar refractivity (Wildman–Crippen MR) is 142 cm³/mol. The molecule has 5 aromatic rings. The van der Waals surface area contributed by atoms with E-state index in [0.29, 0.717) is 40.8 Å². The van der Waals surface area contributed by atoms with Gasteiger partial charge in [-0.1, -0.05) is 24.3 Å². The Hall–Kier alpha value is -4.93. The molecule has 3 aromatic carbocycles. The van der Waals surface area contributed by atoms with Gasteiger partial charge in [0.05, 0.1) is 38.4 Å². The van der Waals surface area contributed by atoms with E-state index in [1.165, 1.54) is 18.5 Å². The minimum absolute atomic E-state index is 0.162. The van der Waals surface area contributed by atoms with Crippen LogP contribution in [0.25, 0.3) is 17.0 Å². The monoisotopic (exact) mass is 515 g/mol. The zero-order chi connectivity index (χ0) is 26.6. The Morgan fingerprint density at radius 3 is 2.26 bits per heavy atom. The van der Waals surface area contributed by atoms with Gasteiger partial charge < -0.3 is 24.8 Å². The van der Waals surface area contributed by atoms with Crippen molar-refractivity contribution in [1.82, 2.24) is 24.5 Å². The SMILES string of the molecule is COc1cc(Nc2ncnc(-n3c(NC(C)c4ccc(F)cc4)nc4ccccc43)n2)cc(OC)c1OC. The lowest BCUT2D eigenvalue weighted by atomic mass is 10.1. The molecule has 0 aliphatic rings. The van der Waals surface area contributed by atoms with Crippen LogP contribution in [-0.2, 0) is 0 Å². The lowest BCUT2D eigenvalue weighted by Gasteiger charge is -2.17. The smallest absolute Gasteiger partial charge is 0.241 e. The first kappa shape index (κ1) is 24.8. The summed E-state index contributed by atoms with van der Waals surface area (Å²) in [6, 6.07) is 17.4. The van der Waals surface area contributed by atoms with Crippen LogP contribution in [0.5, 0.6) is 17.2 Å².